The van der Waals surface area contributed by atoms with E-state index in [9.17, 15) is 14.0 Å². The minimum atomic E-state index is -0.840. The van der Waals surface area contributed by atoms with Crippen LogP contribution in [0.2, 0.25) is 0 Å². The van der Waals surface area contributed by atoms with Gasteiger partial charge in [-0.1, -0.05) is 18.2 Å². The van der Waals surface area contributed by atoms with Crippen LogP contribution in [0.4, 0.5) is 4.39 Å². The first-order valence-corrected chi connectivity index (χ1v) is 11.6. The maximum atomic E-state index is 13.5. The van der Waals surface area contributed by atoms with Crippen LogP contribution in [0, 0.1) is 19.7 Å². The van der Waals surface area contributed by atoms with Gasteiger partial charge in [0.25, 0.3) is 5.91 Å². The zero-order chi connectivity index (χ0) is 25.2. The van der Waals surface area contributed by atoms with Crippen LogP contribution in [0.25, 0.3) is 5.69 Å². The zero-order valence-corrected chi connectivity index (χ0v) is 19.9. The molecule has 4 aromatic rings. The lowest BCUT2D eigenvalue weighted by Gasteiger charge is -2.34. The van der Waals surface area contributed by atoms with Crippen LogP contribution in [-0.4, -0.2) is 39.6 Å². The van der Waals surface area contributed by atoms with Crippen molar-refractivity contribution in [3.63, 3.8) is 0 Å². The Balaban J connectivity index is 1.39. The molecule has 1 aliphatic heterocycles. The average molecular weight is 489 g/mol. The van der Waals surface area contributed by atoms with E-state index in [2.05, 4.69) is 10.4 Å². The Labute approximate surface area is 207 Å². The number of furan rings is 1. The molecule has 9 heteroatoms. The van der Waals surface area contributed by atoms with Gasteiger partial charge in [-0.15, -0.1) is 0 Å². The van der Waals surface area contributed by atoms with Gasteiger partial charge in [-0.2, -0.15) is 5.10 Å². The molecule has 0 radical (unpaired) electrons. The van der Waals surface area contributed by atoms with E-state index in [1.807, 2.05) is 44.2 Å². The number of hydrogen-bond donors (Lipinski definition) is 1. The Hall–Kier alpha value is -4.40. The molecule has 1 fully saturated rings. The highest BCUT2D eigenvalue weighted by Gasteiger charge is 2.39. The number of ether oxygens (including phenoxy) is 1. The topological polar surface area (TPSA) is 89.6 Å². The van der Waals surface area contributed by atoms with Gasteiger partial charge in [0.1, 0.15) is 30.0 Å². The van der Waals surface area contributed by atoms with Crippen LogP contribution >= 0.6 is 0 Å². The fourth-order valence-corrected chi connectivity index (χ4v) is 4.44. The van der Waals surface area contributed by atoms with Crippen molar-refractivity contribution in [2.75, 3.05) is 13.1 Å². The highest BCUT2D eigenvalue weighted by molar-refractivity contribution is 5.97. The van der Waals surface area contributed by atoms with Crippen LogP contribution in [0.1, 0.15) is 39.3 Å². The number of nitrogens with zero attached hydrogens (tertiary/aromatic N) is 3. The van der Waals surface area contributed by atoms with E-state index < -0.39 is 11.9 Å². The second kappa shape index (κ2) is 9.69. The van der Waals surface area contributed by atoms with Gasteiger partial charge in [0.15, 0.2) is 5.76 Å². The summed E-state index contributed by atoms with van der Waals surface area (Å²) in [6.07, 6.45) is 0. The van der Waals surface area contributed by atoms with Crippen molar-refractivity contribution in [3.05, 3.63) is 101 Å². The molecule has 0 saturated carbocycles. The number of benzene rings is 2. The summed E-state index contributed by atoms with van der Waals surface area (Å²) in [5.74, 6) is 0.0139. The highest BCUT2D eigenvalue weighted by atomic mass is 19.1. The van der Waals surface area contributed by atoms with E-state index in [-0.39, 0.29) is 24.1 Å². The number of piperazine rings is 1. The lowest BCUT2D eigenvalue weighted by atomic mass is 10.00. The summed E-state index contributed by atoms with van der Waals surface area (Å²) >= 11 is 0. The van der Waals surface area contributed by atoms with E-state index in [4.69, 9.17) is 9.15 Å². The predicted octanol–water partition coefficient (Wildman–Crippen LogP) is 4.11. The van der Waals surface area contributed by atoms with Gasteiger partial charge < -0.3 is 19.4 Å². The Bertz CT molecular complexity index is 1400. The van der Waals surface area contributed by atoms with E-state index >= 15 is 0 Å². The molecule has 1 unspecified atom stereocenters. The molecule has 8 nitrogen and oxygen atoms in total. The number of nitrogens with one attached hydrogen (secondary N) is 1. The molecule has 184 valence electrons. The molecule has 0 aliphatic carbocycles. The maximum Gasteiger partial charge on any atom is 0.290 e. The zero-order valence-electron chi connectivity index (χ0n) is 19.9. The molecule has 1 N–H and O–H groups in total. The number of carbonyl (C=O) groups excluding carboxylic acids is 2. The molecule has 0 spiro atoms. The maximum absolute atomic E-state index is 13.5. The number of aryl methyl sites for hydroxylation is 1. The third kappa shape index (κ3) is 4.47. The van der Waals surface area contributed by atoms with Gasteiger partial charge in [-0.25, -0.2) is 9.07 Å². The standard InChI is InChI=1S/C27H25FN4O4/c1-17-24(18(2)32(30-17)20-6-4-3-5-7-20)25-26(33)29-14-15-31(25)27(34)23-13-12-22(36-23)16-35-21-10-8-19(28)9-11-21/h3-13,25H,14-16H2,1-2H3,(H,29,33). The molecule has 1 saturated heterocycles. The number of carbonyl (C=O) groups is 2. The summed E-state index contributed by atoms with van der Waals surface area (Å²) in [5, 5.41) is 7.53. The highest BCUT2D eigenvalue weighted by Crippen LogP contribution is 2.31. The molecule has 0 bridgehead atoms. The monoisotopic (exact) mass is 488 g/mol. The van der Waals surface area contributed by atoms with Crippen molar-refractivity contribution in [2.24, 2.45) is 0 Å². The summed E-state index contributed by atoms with van der Waals surface area (Å²) < 4.78 is 26.2. The van der Waals surface area contributed by atoms with E-state index in [1.54, 1.807) is 16.8 Å². The quantitative estimate of drug-likeness (QED) is 0.441. The van der Waals surface area contributed by atoms with Crippen LogP contribution in [-0.2, 0) is 11.4 Å². The molecular weight excluding hydrogens is 463 g/mol. The lowest BCUT2D eigenvalue weighted by molar-refractivity contribution is -0.128. The number of rotatable bonds is 6. The molecular formula is C27H25FN4O4. The first-order chi connectivity index (χ1) is 17.4. The molecule has 2 amide bonds. The fourth-order valence-electron chi connectivity index (χ4n) is 4.44. The summed E-state index contributed by atoms with van der Waals surface area (Å²) in [6, 6.07) is 17.7. The summed E-state index contributed by atoms with van der Waals surface area (Å²) in [4.78, 5) is 28.1. The molecule has 1 atom stereocenters. The summed E-state index contributed by atoms with van der Waals surface area (Å²) in [6.45, 7) is 4.47. The SMILES string of the molecule is Cc1nn(-c2ccccc2)c(C)c1C1C(=O)NCCN1C(=O)c1ccc(COc2ccc(F)cc2)o1. The molecule has 1 aliphatic rings. The van der Waals surface area contributed by atoms with E-state index in [1.165, 1.54) is 29.2 Å². The second-order valence-corrected chi connectivity index (χ2v) is 8.53. The van der Waals surface area contributed by atoms with Gasteiger partial charge in [0.05, 0.1) is 11.4 Å². The molecule has 2 aromatic carbocycles. The first-order valence-electron chi connectivity index (χ1n) is 11.6. The van der Waals surface area contributed by atoms with Gasteiger partial charge in [0.2, 0.25) is 5.91 Å². The smallest absolute Gasteiger partial charge is 0.290 e. The van der Waals surface area contributed by atoms with Crippen LogP contribution in [0.3, 0.4) is 0 Å². The van der Waals surface area contributed by atoms with Crippen LogP contribution in [0.5, 0.6) is 5.75 Å². The number of halogens is 1. The predicted molar refractivity (Wildman–Crippen MR) is 129 cm³/mol. The van der Waals surface area contributed by atoms with Crippen molar-refractivity contribution in [2.45, 2.75) is 26.5 Å². The van der Waals surface area contributed by atoms with Gasteiger partial charge in [-0.3, -0.25) is 9.59 Å². The number of hydrogen-bond acceptors (Lipinski definition) is 5. The Morgan fingerprint density at radius 3 is 2.61 bits per heavy atom. The van der Waals surface area contributed by atoms with Crippen LogP contribution < -0.4 is 10.1 Å². The summed E-state index contributed by atoms with van der Waals surface area (Å²) in [7, 11) is 0. The fraction of sp³-hybridized carbons (Fsp3) is 0.222. The normalized spacial score (nSPS) is 15.6. The third-order valence-electron chi connectivity index (χ3n) is 6.16. The third-order valence-corrected chi connectivity index (χ3v) is 6.16. The average Bonchev–Trinajstić information content (AvgIpc) is 3.48. The van der Waals surface area contributed by atoms with E-state index in [0.29, 0.717) is 35.9 Å². The first kappa shape index (κ1) is 23.3. The molecule has 5 rings (SSSR count). The van der Waals surface area contributed by atoms with Crippen molar-refractivity contribution in [3.8, 4) is 11.4 Å². The Morgan fingerprint density at radius 1 is 1.11 bits per heavy atom. The van der Waals surface area contributed by atoms with Crippen LogP contribution in [0.15, 0.2) is 71.1 Å². The van der Waals surface area contributed by atoms with E-state index in [0.717, 1.165) is 11.4 Å². The van der Waals surface area contributed by atoms with Gasteiger partial charge in [0, 0.05) is 24.3 Å². The lowest BCUT2D eigenvalue weighted by Crippen LogP contribution is -2.52. The summed E-state index contributed by atoms with van der Waals surface area (Å²) in [5.41, 5.74) is 3.02. The Morgan fingerprint density at radius 2 is 1.86 bits per heavy atom. The number of amides is 2. The van der Waals surface area contributed by atoms with Crippen molar-refractivity contribution in [1.29, 1.82) is 0 Å². The minimum absolute atomic E-state index is 0.0743. The second-order valence-electron chi connectivity index (χ2n) is 8.53. The molecule has 3 heterocycles. The molecule has 2 aromatic heterocycles. The Kier molecular flexibility index (Phi) is 6.28. The number of aromatic nitrogens is 2. The van der Waals surface area contributed by atoms with Gasteiger partial charge in [-0.05, 0) is 62.4 Å². The van der Waals surface area contributed by atoms with Crippen molar-refractivity contribution < 1.29 is 23.1 Å². The largest absolute Gasteiger partial charge is 0.486 e. The molecule has 36 heavy (non-hydrogen) atoms. The van der Waals surface area contributed by atoms with Crippen molar-refractivity contribution in [1.82, 2.24) is 20.0 Å². The van der Waals surface area contributed by atoms with Gasteiger partial charge >= 0.3 is 0 Å². The minimum Gasteiger partial charge on any atom is -0.486 e. The number of para-hydroxylation sites is 1. The van der Waals surface area contributed by atoms with Crippen molar-refractivity contribution >= 4 is 11.8 Å².